The van der Waals surface area contributed by atoms with Crippen LogP contribution in [0.3, 0.4) is 0 Å². The highest BCUT2D eigenvalue weighted by atomic mass is 32.2. The molecule has 0 aliphatic carbocycles. The lowest BCUT2D eigenvalue weighted by atomic mass is 10.1. The van der Waals surface area contributed by atoms with Gasteiger partial charge in [-0.25, -0.2) is 8.42 Å². The Hall–Kier alpha value is -1.40. The van der Waals surface area contributed by atoms with E-state index in [0.717, 1.165) is 5.56 Å². The zero-order valence-corrected chi connectivity index (χ0v) is 12.3. The Morgan fingerprint density at radius 1 is 1.26 bits per heavy atom. The highest BCUT2D eigenvalue weighted by Gasteiger charge is 2.26. The molecule has 1 atom stereocenters. The van der Waals surface area contributed by atoms with Gasteiger partial charge in [0.05, 0.1) is 4.90 Å². The molecule has 0 fully saturated rings. The topological polar surface area (TPSA) is 83.5 Å². The highest BCUT2D eigenvalue weighted by Crippen LogP contribution is 2.22. The number of sulfonamides is 1. The van der Waals surface area contributed by atoms with Gasteiger partial charge in [0.15, 0.2) is 0 Å². The number of hydrogen-bond donors (Lipinski definition) is 2. The van der Waals surface area contributed by atoms with E-state index in [1.807, 2.05) is 6.92 Å². The first kappa shape index (κ1) is 15.7. The third-order valence-corrected chi connectivity index (χ3v) is 4.65. The van der Waals surface area contributed by atoms with Gasteiger partial charge in [-0.2, -0.15) is 4.72 Å². The van der Waals surface area contributed by atoms with E-state index in [2.05, 4.69) is 4.72 Å². The Labute approximate surface area is 113 Å². The van der Waals surface area contributed by atoms with Gasteiger partial charge >= 0.3 is 5.97 Å². The number of carboxylic acids is 1. The van der Waals surface area contributed by atoms with E-state index in [1.165, 1.54) is 0 Å². The van der Waals surface area contributed by atoms with Crippen LogP contribution in [0.4, 0.5) is 0 Å². The fraction of sp³-hybridized carbons (Fsp3) is 0.462. The highest BCUT2D eigenvalue weighted by molar-refractivity contribution is 7.89. The maximum atomic E-state index is 12.3. The predicted octanol–water partition coefficient (Wildman–Crippen LogP) is 1.75. The number of nitrogens with one attached hydrogen (secondary N) is 1. The van der Waals surface area contributed by atoms with Crippen molar-refractivity contribution in [3.63, 3.8) is 0 Å². The summed E-state index contributed by atoms with van der Waals surface area (Å²) < 4.78 is 26.8. The van der Waals surface area contributed by atoms with Crippen LogP contribution >= 0.6 is 0 Å². The van der Waals surface area contributed by atoms with Crippen molar-refractivity contribution in [1.29, 1.82) is 0 Å². The Kier molecular flexibility index (Phi) is 4.70. The molecule has 0 bridgehead atoms. The van der Waals surface area contributed by atoms with Crippen LogP contribution in [-0.4, -0.2) is 25.5 Å². The Balaban J connectivity index is 3.25. The second-order valence-electron chi connectivity index (χ2n) is 4.65. The molecule has 1 aromatic rings. The van der Waals surface area contributed by atoms with Crippen molar-refractivity contribution in [2.24, 2.45) is 0 Å². The summed E-state index contributed by atoms with van der Waals surface area (Å²) >= 11 is 0. The molecule has 6 heteroatoms. The van der Waals surface area contributed by atoms with Gasteiger partial charge in [-0.1, -0.05) is 24.6 Å². The zero-order chi connectivity index (χ0) is 14.8. The quantitative estimate of drug-likeness (QED) is 0.863. The van der Waals surface area contributed by atoms with Crippen LogP contribution < -0.4 is 4.72 Å². The third-order valence-electron chi connectivity index (χ3n) is 2.88. The normalized spacial score (nSPS) is 13.3. The standard InChI is InChI=1S/C13H19NO4S/c1-5-11(13(15)16)14-19(17,18)12-9(3)6-8(2)7-10(12)4/h6-7,11,14H,5H2,1-4H3,(H,15,16)/t11-/m1/s1. The maximum absolute atomic E-state index is 12.3. The van der Waals surface area contributed by atoms with Gasteiger partial charge in [-0.3, -0.25) is 4.79 Å². The predicted molar refractivity (Wildman–Crippen MR) is 72.7 cm³/mol. The van der Waals surface area contributed by atoms with E-state index < -0.39 is 22.0 Å². The van der Waals surface area contributed by atoms with Crippen molar-refractivity contribution < 1.29 is 18.3 Å². The van der Waals surface area contributed by atoms with Gasteiger partial charge in [0.1, 0.15) is 6.04 Å². The number of aliphatic carboxylic acids is 1. The van der Waals surface area contributed by atoms with Crippen molar-refractivity contribution in [3.05, 3.63) is 28.8 Å². The number of benzene rings is 1. The Morgan fingerprint density at radius 2 is 1.74 bits per heavy atom. The molecule has 0 aromatic heterocycles. The number of carboxylic acid groups (broad SMARTS) is 1. The van der Waals surface area contributed by atoms with Crippen molar-refractivity contribution in [1.82, 2.24) is 4.72 Å². The molecule has 0 saturated heterocycles. The van der Waals surface area contributed by atoms with E-state index in [4.69, 9.17) is 5.11 Å². The molecule has 0 saturated carbocycles. The summed E-state index contributed by atoms with van der Waals surface area (Å²) in [7, 11) is -3.83. The minimum Gasteiger partial charge on any atom is -0.480 e. The van der Waals surface area contributed by atoms with Crippen molar-refractivity contribution in [3.8, 4) is 0 Å². The SMILES string of the molecule is CC[C@@H](NS(=O)(=O)c1c(C)cc(C)cc1C)C(=O)O. The number of aryl methyl sites for hydroxylation is 3. The summed E-state index contributed by atoms with van der Waals surface area (Å²) in [6.07, 6.45) is 0.193. The number of rotatable bonds is 5. The van der Waals surface area contributed by atoms with Crippen LogP contribution in [-0.2, 0) is 14.8 Å². The van der Waals surface area contributed by atoms with Gasteiger partial charge in [0.25, 0.3) is 0 Å². The second kappa shape index (κ2) is 5.71. The van der Waals surface area contributed by atoms with Crippen LogP contribution in [0.5, 0.6) is 0 Å². The molecule has 0 aliphatic heterocycles. The molecule has 19 heavy (non-hydrogen) atoms. The molecule has 106 valence electrons. The molecule has 0 heterocycles. The summed E-state index contributed by atoms with van der Waals surface area (Å²) in [6, 6.07) is 2.43. The molecule has 0 spiro atoms. The van der Waals surface area contributed by atoms with Gasteiger partial charge < -0.3 is 5.11 Å². The molecule has 5 nitrogen and oxygen atoms in total. The second-order valence-corrected chi connectivity index (χ2v) is 6.30. The van der Waals surface area contributed by atoms with Crippen LogP contribution in [0.1, 0.15) is 30.0 Å². The largest absolute Gasteiger partial charge is 0.480 e. The Bertz CT molecular complexity index is 570. The van der Waals surface area contributed by atoms with Crippen LogP contribution in [0, 0.1) is 20.8 Å². The van der Waals surface area contributed by atoms with Crippen molar-refractivity contribution >= 4 is 16.0 Å². The average Bonchev–Trinajstić information content (AvgIpc) is 2.23. The lowest BCUT2D eigenvalue weighted by Gasteiger charge is -2.16. The smallest absolute Gasteiger partial charge is 0.321 e. The summed E-state index contributed by atoms with van der Waals surface area (Å²) in [4.78, 5) is 11.1. The first-order valence-corrected chi connectivity index (χ1v) is 7.50. The molecular formula is C13H19NO4S. The van der Waals surface area contributed by atoms with Gasteiger partial charge in [-0.15, -0.1) is 0 Å². The number of carbonyl (C=O) groups is 1. The van der Waals surface area contributed by atoms with Gasteiger partial charge in [-0.05, 0) is 38.3 Å². The van der Waals surface area contributed by atoms with Gasteiger partial charge in [0.2, 0.25) is 10.0 Å². The molecule has 1 aromatic carbocycles. The fourth-order valence-electron chi connectivity index (χ4n) is 2.15. The first-order chi connectivity index (χ1) is 8.69. The third kappa shape index (κ3) is 3.54. The number of hydrogen-bond acceptors (Lipinski definition) is 3. The summed E-state index contributed by atoms with van der Waals surface area (Å²) in [5.74, 6) is -1.17. The van der Waals surface area contributed by atoms with Crippen molar-refractivity contribution in [2.75, 3.05) is 0 Å². The van der Waals surface area contributed by atoms with E-state index in [-0.39, 0.29) is 11.3 Å². The molecular weight excluding hydrogens is 266 g/mol. The maximum Gasteiger partial charge on any atom is 0.321 e. The lowest BCUT2D eigenvalue weighted by Crippen LogP contribution is -2.40. The molecule has 1 rings (SSSR count). The van der Waals surface area contributed by atoms with Gasteiger partial charge in [0, 0.05) is 0 Å². The zero-order valence-electron chi connectivity index (χ0n) is 11.5. The summed E-state index contributed by atoms with van der Waals surface area (Å²) in [6.45, 7) is 6.92. The summed E-state index contributed by atoms with van der Waals surface area (Å²) in [5, 5.41) is 8.94. The monoisotopic (exact) mass is 285 g/mol. The van der Waals surface area contributed by atoms with Crippen molar-refractivity contribution in [2.45, 2.75) is 45.1 Å². The average molecular weight is 285 g/mol. The molecule has 0 amide bonds. The fourth-order valence-corrected chi connectivity index (χ4v) is 3.87. The van der Waals surface area contributed by atoms with E-state index >= 15 is 0 Å². The van der Waals surface area contributed by atoms with E-state index in [0.29, 0.717) is 11.1 Å². The lowest BCUT2D eigenvalue weighted by molar-refractivity contribution is -0.139. The van der Waals surface area contributed by atoms with E-state index in [1.54, 1.807) is 32.9 Å². The minimum atomic E-state index is -3.83. The van der Waals surface area contributed by atoms with Crippen LogP contribution in [0.25, 0.3) is 0 Å². The van der Waals surface area contributed by atoms with Crippen LogP contribution in [0.2, 0.25) is 0 Å². The summed E-state index contributed by atoms with van der Waals surface area (Å²) in [5.41, 5.74) is 2.20. The molecule has 2 N–H and O–H groups in total. The molecule has 0 unspecified atom stereocenters. The minimum absolute atomic E-state index is 0.165. The molecule has 0 aliphatic rings. The Morgan fingerprint density at radius 3 is 2.11 bits per heavy atom. The van der Waals surface area contributed by atoms with E-state index in [9.17, 15) is 13.2 Å². The molecule has 0 radical (unpaired) electrons. The van der Waals surface area contributed by atoms with Crippen LogP contribution in [0.15, 0.2) is 17.0 Å². The first-order valence-electron chi connectivity index (χ1n) is 6.02.